The van der Waals surface area contributed by atoms with E-state index < -0.39 is 0 Å². The Balaban J connectivity index is 1.93. The second-order valence-corrected chi connectivity index (χ2v) is 6.93. The molecule has 0 unspecified atom stereocenters. The molecule has 0 N–H and O–H groups in total. The highest BCUT2D eigenvalue weighted by Crippen LogP contribution is 2.27. The highest BCUT2D eigenvalue weighted by Gasteiger charge is 2.30. The summed E-state index contributed by atoms with van der Waals surface area (Å²) >= 11 is 0. The Morgan fingerprint density at radius 1 is 1.20 bits per heavy atom. The Labute approximate surface area is 123 Å². The molecular weight excluding hydrogens is 246 g/mol. The molecule has 1 saturated carbocycles. The Kier molecular flexibility index (Phi) is 4.98. The number of ketones is 1. The van der Waals surface area contributed by atoms with Crippen LogP contribution in [0.25, 0.3) is 0 Å². The van der Waals surface area contributed by atoms with Gasteiger partial charge in [-0.25, -0.2) is 0 Å². The van der Waals surface area contributed by atoms with Gasteiger partial charge in [0.25, 0.3) is 0 Å². The first kappa shape index (κ1) is 15.2. The Morgan fingerprint density at radius 2 is 1.80 bits per heavy atom. The number of hydrogen-bond acceptors (Lipinski definition) is 2. The first-order valence-corrected chi connectivity index (χ1v) is 7.77. The van der Waals surface area contributed by atoms with Gasteiger partial charge in [0.15, 0.2) is 5.78 Å². The Morgan fingerprint density at radius 3 is 2.40 bits per heavy atom. The van der Waals surface area contributed by atoms with Gasteiger partial charge in [0, 0.05) is 24.1 Å². The minimum Gasteiger partial charge on any atom is -0.305 e. The lowest BCUT2D eigenvalue weighted by Gasteiger charge is -2.30. The molecule has 0 atom stereocenters. The summed E-state index contributed by atoms with van der Waals surface area (Å²) in [7, 11) is 2.15. The minimum absolute atomic E-state index is 0.247. The van der Waals surface area contributed by atoms with Gasteiger partial charge in [0.05, 0.1) is 0 Å². The zero-order valence-electron chi connectivity index (χ0n) is 13.1. The minimum atomic E-state index is -0.325. The molecule has 20 heavy (non-hydrogen) atoms. The second kappa shape index (κ2) is 6.53. The molecule has 0 aromatic heterocycles. The fourth-order valence-corrected chi connectivity index (χ4v) is 3.43. The van der Waals surface area contributed by atoms with Crippen LogP contribution in [0.1, 0.15) is 49.9 Å². The van der Waals surface area contributed by atoms with E-state index in [2.05, 4.69) is 25.8 Å². The van der Waals surface area contributed by atoms with E-state index in [1.165, 1.54) is 25.7 Å². The number of hydrogen-bond donors (Lipinski definition) is 0. The van der Waals surface area contributed by atoms with Gasteiger partial charge >= 0.3 is 0 Å². The number of nitrogens with zero attached hydrogens (tertiary/aromatic N) is 1. The number of Topliss-reactive ketones (excluding diaryl/α,β-unsaturated/α-hetero) is 1. The van der Waals surface area contributed by atoms with Crippen LogP contribution in [-0.4, -0.2) is 30.8 Å². The van der Waals surface area contributed by atoms with Crippen LogP contribution in [0.3, 0.4) is 0 Å². The van der Waals surface area contributed by atoms with Crippen molar-refractivity contribution in [1.29, 1.82) is 0 Å². The van der Waals surface area contributed by atoms with E-state index in [0.29, 0.717) is 0 Å². The topological polar surface area (TPSA) is 20.3 Å². The summed E-state index contributed by atoms with van der Waals surface area (Å²) in [6.07, 6.45) is 5.48. The van der Waals surface area contributed by atoms with Crippen LogP contribution in [0.2, 0.25) is 0 Å². The third-order valence-electron chi connectivity index (χ3n) is 4.36. The molecule has 1 aromatic rings. The van der Waals surface area contributed by atoms with Crippen LogP contribution in [0.15, 0.2) is 30.3 Å². The van der Waals surface area contributed by atoms with Crippen LogP contribution in [0, 0.1) is 11.3 Å². The van der Waals surface area contributed by atoms with Crippen LogP contribution < -0.4 is 0 Å². The third kappa shape index (κ3) is 3.92. The lowest BCUT2D eigenvalue weighted by molar-refractivity contribution is 0.0773. The molecule has 0 aliphatic heterocycles. The molecule has 110 valence electrons. The molecule has 0 spiro atoms. The van der Waals surface area contributed by atoms with Crippen molar-refractivity contribution in [3.05, 3.63) is 35.9 Å². The highest BCUT2D eigenvalue weighted by atomic mass is 16.1. The first-order valence-electron chi connectivity index (χ1n) is 7.77. The fraction of sp³-hybridized carbons (Fsp3) is 0.611. The van der Waals surface area contributed by atoms with Crippen LogP contribution in [-0.2, 0) is 0 Å². The summed E-state index contributed by atoms with van der Waals surface area (Å²) in [6, 6.07) is 9.66. The molecule has 2 heteroatoms. The van der Waals surface area contributed by atoms with Gasteiger partial charge in [-0.1, -0.05) is 57.0 Å². The van der Waals surface area contributed by atoms with Crippen molar-refractivity contribution >= 4 is 5.78 Å². The number of carbonyl (C=O) groups is 1. The van der Waals surface area contributed by atoms with E-state index in [1.807, 2.05) is 30.3 Å². The number of rotatable bonds is 6. The van der Waals surface area contributed by atoms with Crippen molar-refractivity contribution in [2.24, 2.45) is 11.3 Å². The van der Waals surface area contributed by atoms with E-state index in [-0.39, 0.29) is 11.2 Å². The van der Waals surface area contributed by atoms with E-state index in [4.69, 9.17) is 0 Å². The zero-order chi connectivity index (χ0) is 14.6. The van der Waals surface area contributed by atoms with Gasteiger partial charge in [-0.3, -0.25) is 4.79 Å². The molecule has 1 aliphatic carbocycles. The van der Waals surface area contributed by atoms with Crippen LogP contribution >= 0.6 is 0 Å². The van der Waals surface area contributed by atoms with E-state index in [1.54, 1.807) is 0 Å². The maximum Gasteiger partial charge on any atom is 0.169 e. The van der Waals surface area contributed by atoms with Gasteiger partial charge in [-0.15, -0.1) is 0 Å². The lowest BCUT2D eigenvalue weighted by Crippen LogP contribution is -2.39. The molecule has 0 bridgehead atoms. The molecular formula is C18H27NO. The smallest absolute Gasteiger partial charge is 0.169 e. The van der Waals surface area contributed by atoms with Gasteiger partial charge in [0.2, 0.25) is 0 Å². The van der Waals surface area contributed by atoms with Crippen molar-refractivity contribution in [2.45, 2.75) is 39.5 Å². The average molecular weight is 273 g/mol. The summed E-state index contributed by atoms with van der Waals surface area (Å²) in [6.45, 7) is 6.09. The molecule has 1 aliphatic rings. The molecule has 0 amide bonds. The zero-order valence-corrected chi connectivity index (χ0v) is 13.1. The van der Waals surface area contributed by atoms with Crippen molar-refractivity contribution in [3.8, 4) is 0 Å². The predicted molar refractivity (Wildman–Crippen MR) is 84.0 cm³/mol. The van der Waals surface area contributed by atoms with Gasteiger partial charge in [-0.2, -0.15) is 0 Å². The molecule has 0 saturated heterocycles. The summed E-state index contributed by atoms with van der Waals surface area (Å²) in [5.74, 6) is 1.08. The monoisotopic (exact) mass is 273 g/mol. The van der Waals surface area contributed by atoms with Crippen molar-refractivity contribution < 1.29 is 4.79 Å². The number of carbonyl (C=O) groups excluding carboxylic acids is 1. The van der Waals surface area contributed by atoms with Crippen molar-refractivity contribution in [1.82, 2.24) is 4.90 Å². The van der Waals surface area contributed by atoms with Gasteiger partial charge < -0.3 is 4.90 Å². The van der Waals surface area contributed by atoms with Gasteiger partial charge in [-0.05, 0) is 25.8 Å². The molecule has 2 nitrogen and oxygen atoms in total. The predicted octanol–water partition coefficient (Wildman–Crippen LogP) is 4.02. The van der Waals surface area contributed by atoms with Crippen LogP contribution in [0.5, 0.6) is 0 Å². The second-order valence-electron chi connectivity index (χ2n) is 6.93. The molecule has 0 radical (unpaired) electrons. The Hall–Kier alpha value is -1.15. The summed E-state index contributed by atoms with van der Waals surface area (Å²) < 4.78 is 0. The number of benzene rings is 1. The Bertz CT molecular complexity index is 432. The van der Waals surface area contributed by atoms with Crippen molar-refractivity contribution in [3.63, 3.8) is 0 Å². The molecule has 1 aromatic carbocycles. The van der Waals surface area contributed by atoms with E-state index >= 15 is 0 Å². The average Bonchev–Trinajstić information content (AvgIpc) is 2.91. The first-order chi connectivity index (χ1) is 9.49. The van der Waals surface area contributed by atoms with Gasteiger partial charge in [0.1, 0.15) is 0 Å². The summed E-state index contributed by atoms with van der Waals surface area (Å²) in [5, 5.41) is 0. The maximum absolute atomic E-state index is 12.6. The lowest BCUT2D eigenvalue weighted by atomic mass is 9.83. The fourth-order valence-electron chi connectivity index (χ4n) is 3.43. The SMILES string of the molecule is CN(CC1CCCC1)CC(C)(C)C(=O)c1ccccc1. The molecule has 0 heterocycles. The van der Waals surface area contributed by atoms with E-state index in [9.17, 15) is 4.79 Å². The quantitative estimate of drug-likeness (QED) is 0.730. The summed E-state index contributed by atoms with van der Waals surface area (Å²) in [4.78, 5) is 15.0. The summed E-state index contributed by atoms with van der Waals surface area (Å²) in [5.41, 5.74) is 0.501. The molecule has 2 rings (SSSR count). The van der Waals surface area contributed by atoms with Crippen LogP contribution in [0.4, 0.5) is 0 Å². The maximum atomic E-state index is 12.6. The van der Waals surface area contributed by atoms with E-state index in [0.717, 1.165) is 24.6 Å². The normalized spacial score (nSPS) is 16.8. The third-order valence-corrected chi connectivity index (χ3v) is 4.36. The largest absolute Gasteiger partial charge is 0.305 e. The molecule has 1 fully saturated rings. The highest BCUT2D eigenvalue weighted by molar-refractivity contribution is 6.00. The standard InChI is InChI=1S/C18H27NO/c1-18(2,17(20)16-11-5-4-6-12-16)14-19(3)13-15-9-7-8-10-15/h4-6,11-12,15H,7-10,13-14H2,1-3H3. The van der Waals surface area contributed by atoms with Crippen molar-refractivity contribution in [2.75, 3.05) is 20.1 Å².